The molecule has 5 nitrogen and oxygen atoms in total. The standard InChI is InChI=1S/C12H12FN2O3.2C2H6.W/c13-8-3-1-2-7(6-8)11(17)14-9-4-5-10(16)15-12(9)18;2*1-2;/h1,6,8-9H,3-5H2,(H,14,17)(H,15,16,18);2*1-2H3;/q-1;;;. The van der Waals surface area contributed by atoms with Crippen molar-refractivity contribution in [3.05, 3.63) is 23.8 Å². The normalized spacial score (nSPS) is 22.0. The fraction of sp³-hybridized carbons (Fsp3) is 0.562. The number of allylic oxidation sites excluding steroid dienone is 2. The number of alkyl halides is 1. The summed E-state index contributed by atoms with van der Waals surface area (Å²) in [6.07, 6.45) is 4.71. The number of piperidine rings is 1. The van der Waals surface area contributed by atoms with Crippen molar-refractivity contribution in [1.82, 2.24) is 10.6 Å². The third-order valence-electron chi connectivity index (χ3n) is 2.74. The summed E-state index contributed by atoms with van der Waals surface area (Å²) in [5, 5.41) is 4.59. The summed E-state index contributed by atoms with van der Waals surface area (Å²) in [5.74, 6) is -1.43. The monoisotopic (exact) mass is 495 g/mol. The molecular formula is C16H24FN2O3W-. The van der Waals surface area contributed by atoms with Crippen LogP contribution in [0.15, 0.2) is 17.7 Å². The Morgan fingerprint density at radius 2 is 1.91 bits per heavy atom. The van der Waals surface area contributed by atoms with Crippen LogP contribution in [0.3, 0.4) is 0 Å². The van der Waals surface area contributed by atoms with Crippen LogP contribution in [0.5, 0.6) is 0 Å². The van der Waals surface area contributed by atoms with Crippen LogP contribution < -0.4 is 10.6 Å². The zero-order valence-corrected chi connectivity index (χ0v) is 16.9. The minimum Gasteiger partial charge on any atom is -0.394 e. The number of carbonyl (C=O) groups excluding carboxylic acids is 3. The molecule has 2 unspecified atom stereocenters. The topological polar surface area (TPSA) is 75.3 Å². The van der Waals surface area contributed by atoms with Crippen molar-refractivity contribution in [3.63, 3.8) is 0 Å². The average molecular weight is 495 g/mol. The van der Waals surface area contributed by atoms with Gasteiger partial charge in [-0.2, -0.15) is 6.08 Å². The van der Waals surface area contributed by atoms with E-state index in [0.717, 1.165) is 0 Å². The van der Waals surface area contributed by atoms with Crippen molar-refractivity contribution < 1.29 is 39.8 Å². The second kappa shape index (κ2) is 13.2. The molecule has 3 amide bonds. The van der Waals surface area contributed by atoms with Gasteiger partial charge in [0.1, 0.15) is 5.91 Å². The Bertz CT molecular complexity index is 464. The van der Waals surface area contributed by atoms with Gasteiger partial charge in [-0.05, 0) is 12.8 Å². The van der Waals surface area contributed by atoms with E-state index in [1.54, 1.807) is 0 Å². The minimum absolute atomic E-state index is 0. The summed E-state index contributed by atoms with van der Waals surface area (Å²) in [5.41, 5.74) is 0.0819. The van der Waals surface area contributed by atoms with Gasteiger partial charge >= 0.3 is 0 Å². The first kappa shape index (κ1) is 24.0. The van der Waals surface area contributed by atoms with Crippen LogP contribution in [0.2, 0.25) is 0 Å². The first-order valence-corrected chi connectivity index (χ1v) is 7.65. The number of nitrogens with one attached hydrogen (secondary N) is 2. The average Bonchev–Trinajstić information content (AvgIpc) is 2.54. The molecule has 0 aromatic rings. The number of imide groups is 1. The van der Waals surface area contributed by atoms with Crippen molar-refractivity contribution in [3.8, 4) is 0 Å². The van der Waals surface area contributed by atoms with E-state index in [-0.39, 0.29) is 51.8 Å². The molecule has 0 spiro atoms. The maximum atomic E-state index is 13.0. The van der Waals surface area contributed by atoms with E-state index in [4.69, 9.17) is 0 Å². The summed E-state index contributed by atoms with van der Waals surface area (Å²) < 4.78 is 13.0. The summed E-state index contributed by atoms with van der Waals surface area (Å²) in [4.78, 5) is 34.1. The van der Waals surface area contributed by atoms with Crippen molar-refractivity contribution in [1.29, 1.82) is 0 Å². The molecule has 2 rings (SSSR count). The van der Waals surface area contributed by atoms with Gasteiger partial charge in [0.2, 0.25) is 11.8 Å². The zero-order chi connectivity index (χ0) is 17.1. The molecule has 1 saturated heterocycles. The van der Waals surface area contributed by atoms with Gasteiger partial charge < -0.3 is 10.1 Å². The summed E-state index contributed by atoms with van der Waals surface area (Å²) in [7, 11) is 0. The minimum atomic E-state index is -1.20. The smallest absolute Gasteiger partial charge is 0.248 e. The number of amides is 3. The van der Waals surface area contributed by atoms with E-state index in [2.05, 4.69) is 16.7 Å². The molecule has 130 valence electrons. The molecule has 7 heteroatoms. The maximum Gasteiger partial charge on any atom is 0.248 e. The van der Waals surface area contributed by atoms with E-state index in [1.807, 2.05) is 27.7 Å². The Labute approximate surface area is 151 Å². The second-order valence-electron chi connectivity index (χ2n) is 4.16. The summed E-state index contributed by atoms with van der Waals surface area (Å²) >= 11 is 0. The van der Waals surface area contributed by atoms with E-state index in [9.17, 15) is 18.8 Å². The van der Waals surface area contributed by atoms with Crippen molar-refractivity contribution >= 4 is 17.7 Å². The number of carbonyl (C=O) groups is 3. The van der Waals surface area contributed by atoms with Gasteiger partial charge in [0, 0.05) is 27.5 Å². The Kier molecular flexibility index (Phi) is 13.7. The van der Waals surface area contributed by atoms with Gasteiger partial charge in [-0.1, -0.05) is 27.7 Å². The van der Waals surface area contributed by atoms with Gasteiger partial charge in [-0.25, -0.2) is 0 Å². The maximum absolute atomic E-state index is 13.0. The fourth-order valence-corrected chi connectivity index (χ4v) is 1.79. The Hall–Kier alpha value is -1.29. The molecule has 1 aliphatic heterocycles. The third kappa shape index (κ3) is 8.21. The molecule has 0 radical (unpaired) electrons. The fourth-order valence-electron chi connectivity index (χ4n) is 1.79. The first-order valence-electron chi connectivity index (χ1n) is 7.65. The number of hydrogen-bond acceptors (Lipinski definition) is 3. The van der Waals surface area contributed by atoms with Crippen LogP contribution in [-0.4, -0.2) is 29.9 Å². The molecule has 0 saturated carbocycles. The van der Waals surface area contributed by atoms with Crippen molar-refractivity contribution in [2.24, 2.45) is 0 Å². The number of halogens is 1. The van der Waals surface area contributed by atoms with Crippen molar-refractivity contribution in [2.45, 2.75) is 59.2 Å². The molecule has 0 aromatic carbocycles. The van der Waals surface area contributed by atoms with Crippen LogP contribution in [0.1, 0.15) is 47.0 Å². The van der Waals surface area contributed by atoms with Crippen LogP contribution in [0.25, 0.3) is 0 Å². The third-order valence-corrected chi connectivity index (χ3v) is 2.74. The molecule has 2 N–H and O–H groups in total. The van der Waals surface area contributed by atoms with Gasteiger partial charge in [0.05, 0.1) is 12.2 Å². The Balaban J connectivity index is 0. The van der Waals surface area contributed by atoms with E-state index < -0.39 is 24.0 Å². The molecule has 1 aliphatic carbocycles. The van der Waals surface area contributed by atoms with E-state index in [0.29, 0.717) is 0 Å². The van der Waals surface area contributed by atoms with Crippen LogP contribution >= 0.6 is 0 Å². The van der Waals surface area contributed by atoms with Gasteiger partial charge in [-0.3, -0.25) is 19.3 Å². The number of rotatable bonds is 2. The summed E-state index contributed by atoms with van der Waals surface area (Å²) in [6, 6.07) is -0.752. The predicted octanol–water partition coefficient (Wildman–Crippen LogP) is 1.99. The van der Waals surface area contributed by atoms with Gasteiger partial charge in [-0.15, -0.1) is 17.7 Å². The van der Waals surface area contributed by atoms with E-state index in [1.165, 1.54) is 12.2 Å². The summed E-state index contributed by atoms with van der Waals surface area (Å²) in [6.45, 7) is 8.00. The van der Waals surface area contributed by atoms with E-state index >= 15 is 0 Å². The first-order chi connectivity index (χ1) is 10.6. The SMILES string of the molecule is CC.CC.O=C1CCC(NC(=O)C2=CC(F)CC=[C-]2)C(=O)N1.[W]. The Morgan fingerprint density at radius 1 is 1.30 bits per heavy atom. The largest absolute Gasteiger partial charge is 0.394 e. The number of hydrogen-bond donors (Lipinski definition) is 2. The molecule has 1 heterocycles. The zero-order valence-electron chi connectivity index (χ0n) is 13.9. The molecular weight excluding hydrogens is 471 g/mol. The second-order valence-corrected chi connectivity index (χ2v) is 4.16. The van der Waals surface area contributed by atoms with Crippen LogP contribution in [-0.2, 0) is 35.4 Å². The molecule has 2 atom stereocenters. The van der Waals surface area contributed by atoms with Crippen molar-refractivity contribution in [2.75, 3.05) is 0 Å². The molecule has 0 bridgehead atoms. The molecule has 1 fully saturated rings. The van der Waals surface area contributed by atoms with Gasteiger partial charge in [0.15, 0.2) is 0 Å². The molecule has 23 heavy (non-hydrogen) atoms. The van der Waals surface area contributed by atoms with Crippen LogP contribution in [0, 0.1) is 6.08 Å². The molecule has 2 aliphatic rings. The Morgan fingerprint density at radius 3 is 2.43 bits per heavy atom. The molecule has 0 aromatic heterocycles. The predicted molar refractivity (Wildman–Crippen MR) is 82.4 cm³/mol. The quantitative estimate of drug-likeness (QED) is 0.455. The van der Waals surface area contributed by atoms with Gasteiger partial charge in [0.25, 0.3) is 0 Å². The van der Waals surface area contributed by atoms with Crippen LogP contribution in [0.4, 0.5) is 4.39 Å².